The number of sulfonamides is 1. The molecular weight excluding hydrogens is 300 g/mol. The molecule has 7 nitrogen and oxygen atoms in total. The van der Waals surface area contributed by atoms with Crippen LogP contribution < -0.4 is 10.0 Å². The second-order valence-electron chi connectivity index (χ2n) is 5.01. The van der Waals surface area contributed by atoms with Crippen molar-refractivity contribution in [2.45, 2.75) is 26.3 Å². The van der Waals surface area contributed by atoms with Gasteiger partial charge in [-0.15, -0.1) is 0 Å². The van der Waals surface area contributed by atoms with Gasteiger partial charge in [-0.3, -0.25) is 4.72 Å². The average Bonchev–Trinajstić information content (AvgIpc) is 2.23. The molecular formula is C11H20N4O3S2. The lowest BCUT2D eigenvalue weighted by molar-refractivity contribution is 0.259. The van der Waals surface area contributed by atoms with Gasteiger partial charge in [0, 0.05) is 6.07 Å². The van der Waals surface area contributed by atoms with E-state index in [-0.39, 0.29) is 23.1 Å². The molecule has 114 valence electrons. The van der Waals surface area contributed by atoms with Crippen LogP contribution >= 0.6 is 12.2 Å². The zero-order valence-corrected chi connectivity index (χ0v) is 13.3. The van der Waals surface area contributed by atoms with Crippen LogP contribution in [0.5, 0.6) is 0 Å². The Morgan fingerprint density at radius 2 is 2.15 bits per heavy atom. The standard InChI is InChI=1S/C11H20N4O3S2/c1-7(2)4-8(6-16)12-11-13-9(5-10(19)14-11)15-20(3,17)18/h5,7-8,16H,4,6H2,1-3H3,(H3,12,13,14,15,19)/t8-/m1/s1. The van der Waals surface area contributed by atoms with Gasteiger partial charge in [0.15, 0.2) is 0 Å². The second-order valence-corrected chi connectivity index (χ2v) is 7.18. The van der Waals surface area contributed by atoms with Gasteiger partial charge in [0.2, 0.25) is 16.0 Å². The number of hydrogen-bond donors (Lipinski definition) is 4. The Kier molecular flexibility index (Phi) is 5.90. The molecule has 0 spiro atoms. The third-order valence-electron chi connectivity index (χ3n) is 2.36. The highest BCUT2D eigenvalue weighted by atomic mass is 32.2. The number of hydrogen-bond acceptors (Lipinski definition) is 6. The number of aromatic amines is 1. The fraction of sp³-hybridized carbons (Fsp3) is 0.636. The normalized spacial score (nSPS) is 13.2. The molecule has 0 aliphatic rings. The van der Waals surface area contributed by atoms with Crippen LogP contribution in [0, 0.1) is 10.6 Å². The molecule has 1 heterocycles. The predicted octanol–water partition coefficient (Wildman–Crippen LogP) is 1.33. The van der Waals surface area contributed by atoms with E-state index in [4.69, 9.17) is 12.2 Å². The minimum atomic E-state index is -3.40. The Bertz CT molecular complexity index is 598. The maximum atomic E-state index is 11.2. The van der Waals surface area contributed by atoms with Crippen LogP contribution in [0.3, 0.4) is 0 Å². The van der Waals surface area contributed by atoms with Gasteiger partial charge in [0.1, 0.15) is 10.5 Å². The summed E-state index contributed by atoms with van der Waals surface area (Å²) in [6.45, 7) is 4.04. The second kappa shape index (κ2) is 7.00. The first kappa shape index (κ1) is 16.9. The van der Waals surface area contributed by atoms with E-state index in [1.807, 2.05) is 13.8 Å². The molecule has 0 fully saturated rings. The van der Waals surface area contributed by atoms with Crippen molar-refractivity contribution in [1.29, 1.82) is 0 Å². The molecule has 0 amide bonds. The highest BCUT2D eigenvalue weighted by Gasteiger charge is 2.11. The van der Waals surface area contributed by atoms with Crippen molar-refractivity contribution >= 4 is 34.0 Å². The summed E-state index contributed by atoms with van der Waals surface area (Å²) >= 11 is 4.98. The number of aliphatic hydroxyl groups excluding tert-OH is 1. The number of nitrogens with one attached hydrogen (secondary N) is 3. The summed E-state index contributed by atoms with van der Waals surface area (Å²) < 4.78 is 25.0. The molecule has 0 unspecified atom stereocenters. The fourth-order valence-electron chi connectivity index (χ4n) is 1.72. The first-order chi connectivity index (χ1) is 9.19. The maximum absolute atomic E-state index is 11.2. The molecule has 1 rings (SSSR count). The van der Waals surface area contributed by atoms with E-state index in [1.165, 1.54) is 6.07 Å². The SMILES string of the molecule is CC(C)C[C@H](CO)Nc1nc(=S)cc(NS(C)(=O)=O)[nH]1. The first-order valence-corrected chi connectivity index (χ1v) is 8.46. The van der Waals surface area contributed by atoms with E-state index in [0.29, 0.717) is 11.9 Å². The number of aromatic nitrogens is 2. The van der Waals surface area contributed by atoms with Crippen molar-refractivity contribution < 1.29 is 13.5 Å². The first-order valence-electron chi connectivity index (χ1n) is 6.16. The summed E-state index contributed by atoms with van der Waals surface area (Å²) in [6, 6.07) is 1.24. The van der Waals surface area contributed by atoms with Crippen LogP contribution in [0.1, 0.15) is 20.3 Å². The number of H-pyrrole nitrogens is 1. The molecule has 0 saturated heterocycles. The number of nitrogens with zero attached hydrogens (tertiary/aromatic N) is 1. The topological polar surface area (TPSA) is 107 Å². The molecule has 9 heteroatoms. The zero-order chi connectivity index (χ0) is 15.3. The minimum absolute atomic E-state index is 0.0514. The molecule has 20 heavy (non-hydrogen) atoms. The summed E-state index contributed by atoms with van der Waals surface area (Å²) in [7, 11) is -3.40. The summed E-state index contributed by atoms with van der Waals surface area (Å²) in [5.74, 6) is 0.958. The molecule has 1 atom stereocenters. The van der Waals surface area contributed by atoms with E-state index in [2.05, 4.69) is 20.0 Å². The summed E-state index contributed by atoms with van der Waals surface area (Å²) in [5, 5.41) is 12.3. The lowest BCUT2D eigenvalue weighted by atomic mass is 10.0. The van der Waals surface area contributed by atoms with E-state index >= 15 is 0 Å². The van der Waals surface area contributed by atoms with Gasteiger partial charge in [0.25, 0.3) is 0 Å². The lowest BCUT2D eigenvalue weighted by Crippen LogP contribution is -2.27. The van der Waals surface area contributed by atoms with E-state index in [1.54, 1.807) is 0 Å². The lowest BCUT2D eigenvalue weighted by Gasteiger charge is -2.19. The van der Waals surface area contributed by atoms with Gasteiger partial charge in [-0.1, -0.05) is 26.1 Å². The number of anilines is 2. The van der Waals surface area contributed by atoms with Gasteiger partial charge in [-0.25, -0.2) is 13.4 Å². The molecule has 1 aromatic rings. The Morgan fingerprint density at radius 3 is 2.65 bits per heavy atom. The Morgan fingerprint density at radius 1 is 1.50 bits per heavy atom. The van der Waals surface area contributed by atoms with Gasteiger partial charge in [-0.05, 0) is 12.3 Å². The summed E-state index contributed by atoms with van der Waals surface area (Å²) in [5.41, 5.74) is 0. The largest absolute Gasteiger partial charge is 0.394 e. The third kappa shape index (κ3) is 6.31. The van der Waals surface area contributed by atoms with E-state index in [9.17, 15) is 13.5 Å². The maximum Gasteiger partial charge on any atom is 0.230 e. The van der Waals surface area contributed by atoms with Gasteiger partial charge in [0.05, 0.1) is 18.9 Å². The highest BCUT2D eigenvalue weighted by Crippen LogP contribution is 2.12. The van der Waals surface area contributed by atoms with E-state index < -0.39 is 10.0 Å². The van der Waals surface area contributed by atoms with Crippen molar-refractivity contribution in [3.05, 3.63) is 10.7 Å². The molecule has 0 bridgehead atoms. The zero-order valence-electron chi connectivity index (χ0n) is 11.7. The average molecular weight is 320 g/mol. The molecule has 0 aromatic carbocycles. The third-order valence-corrected chi connectivity index (χ3v) is 3.16. The highest BCUT2D eigenvalue weighted by molar-refractivity contribution is 7.92. The number of rotatable bonds is 7. The van der Waals surface area contributed by atoms with Gasteiger partial charge < -0.3 is 15.4 Å². The van der Waals surface area contributed by atoms with Crippen molar-refractivity contribution in [3.63, 3.8) is 0 Å². The molecule has 0 aliphatic carbocycles. The van der Waals surface area contributed by atoms with Crippen molar-refractivity contribution in [2.75, 3.05) is 22.9 Å². The number of aliphatic hydroxyl groups is 1. The van der Waals surface area contributed by atoms with Crippen molar-refractivity contribution in [3.8, 4) is 0 Å². The molecule has 4 N–H and O–H groups in total. The van der Waals surface area contributed by atoms with Crippen LogP contribution in [0.15, 0.2) is 6.07 Å². The van der Waals surface area contributed by atoms with Crippen LogP contribution in [0.25, 0.3) is 0 Å². The molecule has 0 radical (unpaired) electrons. The summed E-state index contributed by atoms with van der Waals surface area (Å²) in [4.78, 5) is 6.85. The fourth-order valence-corrected chi connectivity index (χ4v) is 2.44. The molecule has 1 aromatic heterocycles. The van der Waals surface area contributed by atoms with Crippen LogP contribution in [-0.4, -0.2) is 42.4 Å². The van der Waals surface area contributed by atoms with Gasteiger partial charge >= 0.3 is 0 Å². The van der Waals surface area contributed by atoms with Crippen molar-refractivity contribution in [2.24, 2.45) is 5.92 Å². The molecule has 0 aliphatic heterocycles. The quantitative estimate of drug-likeness (QED) is 0.565. The Labute approximate surface area is 123 Å². The summed E-state index contributed by atoms with van der Waals surface area (Å²) in [6.07, 6.45) is 1.80. The monoisotopic (exact) mass is 320 g/mol. The van der Waals surface area contributed by atoms with Crippen LogP contribution in [0.2, 0.25) is 0 Å². The minimum Gasteiger partial charge on any atom is -0.394 e. The Balaban J connectivity index is 2.92. The Hall–Kier alpha value is -1.19. The van der Waals surface area contributed by atoms with E-state index in [0.717, 1.165) is 12.7 Å². The van der Waals surface area contributed by atoms with Crippen molar-refractivity contribution in [1.82, 2.24) is 9.97 Å². The van der Waals surface area contributed by atoms with Crippen LogP contribution in [-0.2, 0) is 10.0 Å². The van der Waals surface area contributed by atoms with Crippen LogP contribution in [0.4, 0.5) is 11.8 Å². The molecule has 0 saturated carbocycles. The van der Waals surface area contributed by atoms with Gasteiger partial charge in [-0.2, -0.15) is 0 Å². The predicted molar refractivity (Wildman–Crippen MR) is 81.8 cm³/mol. The smallest absolute Gasteiger partial charge is 0.230 e.